The standard InChI is InChI=1S/C12H23NO/c1-4-10(2)8-12(13-3)11-6-5-7-14-9-11/h11-13H,2,4-9H2,1,3H3. The van der Waals surface area contributed by atoms with Crippen molar-refractivity contribution in [1.29, 1.82) is 0 Å². The number of hydrogen-bond donors (Lipinski definition) is 1. The minimum Gasteiger partial charge on any atom is -0.381 e. The highest BCUT2D eigenvalue weighted by Crippen LogP contribution is 2.22. The van der Waals surface area contributed by atoms with Crippen molar-refractivity contribution in [3.05, 3.63) is 12.2 Å². The lowest BCUT2D eigenvalue weighted by molar-refractivity contribution is 0.0404. The van der Waals surface area contributed by atoms with Gasteiger partial charge in [-0.3, -0.25) is 0 Å². The van der Waals surface area contributed by atoms with Crippen molar-refractivity contribution in [3.63, 3.8) is 0 Å². The van der Waals surface area contributed by atoms with E-state index in [0.717, 1.165) is 26.1 Å². The third-order valence-electron chi connectivity index (χ3n) is 3.14. The monoisotopic (exact) mass is 197 g/mol. The predicted octanol–water partition coefficient (Wildman–Crippen LogP) is 2.36. The van der Waals surface area contributed by atoms with Gasteiger partial charge in [0.05, 0.1) is 6.61 Å². The topological polar surface area (TPSA) is 21.3 Å². The summed E-state index contributed by atoms with van der Waals surface area (Å²) in [5, 5.41) is 3.40. The Kier molecular flexibility index (Phi) is 5.20. The van der Waals surface area contributed by atoms with Gasteiger partial charge in [-0.15, -0.1) is 0 Å². The van der Waals surface area contributed by atoms with Crippen molar-refractivity contribution >= 4 is 0 Å². The van der Waals surface area contributed by atoms with Gasteiger partial charge in [0.25, 0.3) is 0 Å². The molecule has 0 aliphatic carbocycles. The van der Waals surface area contributed by atoms with E-state index in [0.29, 0.717) is 12.0 Å². The van der Waals surface area contributed by atoms with Crippen LogP contribution in [-0.2, 0) is 4.74 Å². The van der Waals surface area contributed by atoms with Crippen LogP contribution in [0.1, 0.15) is 32.6 Å². The van der Waals surface area contributed by atoms with Crippen LogP contribution in [-0.4, -0.2) is 26.3 Å². The second-order valence-electron chi connectivity index (χ2n) is 4.18. The highest BCUT2D eigenvalue weighted by atomic mass is 16.5. The van der Waals surface area contributed by atoms with Crippen LogP contribution in [0.3, 0.4) is 0 Å². The first-order chi connectivity index (χ1) is 6.77. The van der Waals surface area contributed by atoms with Crippen molar-refractivity contribution < 1.29 is 4.74 Å². The number of rotatable bonds is 5. The molecule has 1 aliphatic rings. The molecule has 0 aromatic carbocycles. The summed E-state index contributed by atoms with van der Waals surface area (Å²) >= 11 is 0. The fourth-order valence-corrected chi connectivity index (χ4v) is 2.04. The highest BCUT2D eigenvalue weighted by molar-refractivity contribution is 4.98. The summed E-state index contributed by atoms with van der Waals surface area (Å²) in [5.41, 5.74) is 1.34. The first-order valence-electron chi connectivity index (χ1n) is 5.69. The quantitative estimate of drug-likeness (QED) is 0.683. The summed E-state index contributed by atoms with van der Waals surface area (Å²) in [4.78, 5) is 0. The van der Waals surface area contributed by atoms with E-state index in [2.05, 4.69) is 18.8 Å². The fourth-order valence-electron chi connectivity index (χ4n) is 2.04. The molecular formula is C12H23NO. The molecule has 0 aromatic rings. The van der Waals surface area contributed by atoms with Gasteiger partial charge in [-0.1, -0.05) is 19.1 Å². The van der Waals surface area contributed by atoms with Crippen LogP contribution in [0, 0.1) is 5.92 Å². The summed E-state index contributed by atoms with van der Waals surface area (Å²) in [6.45, 7) is 8.11. The molecule has 14 heavy (non-hydrogen) atoms. The zero-order valence-electron chi connectivity index (χ0n) is 9.51. The molecule has 1 rings (SSSR count). The van der Waals surface area contributed by atoms with Gasteiger partial charge in [0, 0.05) is 12.6 Å². The number of ether oxygens (including phenoxy) is 1. The van der Waals surface area contributed by atoms with Gasteiger partial charge < -0.3 is 10.1 Å². The lowest BCUT2D eigenvalue weighted by atomic mass is 9.89. The predicted molar refractivity (Wildman–Crippen MR) is 60.4 cm³/mol. The maximum absolute atomic E-state index is 5.51. The fraction of sp³-hybridized carbons (Fsp3) is 0.833. The van der Waals surface area contributed by atoms with Crippen molar-refractivity contribution in [2.45, 2.75) is 38.6 Å². The first-order valence-corrected chi connectivity index (χ1v) is 5.69. The van der Waals surface area contributed by atoms with E-state index in [1.807, 2.05) is 7.05 Å². The zero-order valence-corrected chi connectivity index (χ0v) is 9.51. The Bertz CT molecular complexity index is 173. The molecular weight excluding hydrogens is 174 g/mol. The van der Waals surface area contributed by atoms with Crippen LogP contribution in [0.15, 0.2) is 12.2 Å². The molecule has 0 radical (unpaired) electrons. The molecule has 1 N–H and O–H groups in total. The Morgan fingerprint density at radius 2 is 2.43 bits per heavy atom. The molecule has 0 aromatic heterocycles. The van der Waals surface area contributed by atoms with E-state index in [-0.39, 0.29) is 0 Å². The Labute approximate surface area is 87.7 Å². The first kappa shape index (κ1) is 11.7. The Hall–Kier alpha value is -0.340. The Balaban J connectivity index is 2.39. The van der Waals surface area contributed by atoms with E-state index >= 15 is 0 Å². The molecule has 1 saturated heterocycles. The summed E-state index contributed by atoms with van der Waals surface area (Å²) in [6, 6.07) is 0.558. The van der Waals surface area contributed by atoms with Crippen molar-refractivity contribution in [3.8, 4) is 0 Å². The largest absolute Gasteiger partial charge is 0.381 e. The molecule has 0 saturated carbocycles. The molecule has 82 valence electrons. The van der Waals surface area contributed by atoms with Crippen molar-refractivity contribution in [1.82, 2.24) is 5.32 Å². The van der Waals surface area contributed by atoms with E-state index in [1.54, 1.807) is 0 Å². The highest BCUT2D eigenvalue weighted by Gasteiger charge is 2.22. The van der Waals surface area contributed by atoms with Crippen LogP contribution in [0.2, 0.25) is 0 Å². The minimum absolute atomic E-state index is 0.558. The van der Waals surface area contributed by atoms with Gasteiger partial charge >= 0.3 is 0 Å². The molecule has 1 fully saturated rings. The molecule has 0 amide bonds. The van der Waals surface area contributed by atoms with Crippen LogP contribution >= 0.6 is 0 Å². The zero-order chi connectivity index (χ0) is 10.4. The molecule has 1 aliphatic heterocycles. The van der Waals surface area contributed by atoms with Crippen LogP contribution < -0.4 is 5.32 Å². The summed E-state index contributed by atoms with van der Waals surface area (Å²) < 4.78 is 5.51. The molecule has 0 spiro atoms. The maximum atomic E-state index is 5.51. The summed E-state index contributed by atoms with van der Waals surface area (Å²) in [5.74, 6) is 0.678. The second kappa shape index (κ2) is 6.20. The van der Waals surface area contributed by atoms with Gasteiger partial charge in [-0.2, -0.15) is 0 Å². The Morgan fingerprint density at radius 1 is 1.64 bits per heavy atom. The molecule has 2 atom stereocenters. The maximum Gasteiger partial charge on any atom is 0.0509 e. The smallest absolute Gasteiger partial charge is 0.0509 e. The van der Waals surface area contributed by atoms with E-state index < -0.39 is 0 Å². The van der Waals surface area contributed by atoms with Crippen molar-refractivity contribution in [2.75, 3.05) is 20.3 Å². The van der Waals surface area contributed by atoms with Crippen LogP contribution in [0.5, 0.6) is 0 Å². The third kappa shape index (κ3) is 3.43. The molecule has 2 nitrogen and oxygen atoms in total. The number of nitrogens with one attached hydrogen (secondary N) is 1. The summed E-state index contributed by atoms with van der Waals surface area (Å²) in [7, 11) is 2.04. The van der Waals surface area contributed by atoms with Crippen LogP contribution in [0.25, 0.3) is 0 Å². The SMILES string of the molecule is C=C(CC)CC(NC)C1CCCOC1. The Morgan fingerprint density at radius 3 is 2.93 bits per heavy atom. The molecule has 2 heteroatoms. The van der Waals surface area contributed by atoms with Crippen LogP contribution in [0.4, 0.5) is 0 Å². The van der Waals surface area contributed by atoms with E-state index in [9.17, 15) is 0 Å². The van der Waals surface area contributed by atoms with E-state index in [1.165, 1.54) is 18.4 Å². The lowest BCUT2D eigenvalue weighted by Gasteiger charge is -2.30. The van der Waals surface area contributed by atoms with Crippen molar-refractivity contribution in [2.24, 2.45) is 5.92 Å². The number of hydrogen-bond acceptors (Lipinski definition) is 2. The minimum atomic E-state index is 0.558. The van der Waals surface area contributed by atoms with Gasteiger partial charge in [-0.05, 0) is 38.6 Å². The molecule has 1 heterocycles. The normalized spacial score (nSPS) is 24.6. The van der Waals surface area contributed by atoms with E-state index in [4.69, 9.17) is 4.74 Å². The third-order valence-corrected chi connectivity index (χ3v) is 3.14. The second-order valence-corrected chi connectivity index (χ2v) is 4.18. The van der Waals surface area contributed by atoms with Gasteiger partial charge in [0.15, 0.2) is 0 Å². The van der Waals surface area contributed by atoms with Gasteiger partial charge in [-0.25, -0.2) is 0 Å². The molecule has 2 unspecified atom stereocenters. The summed E-state index contributed by atoms with van der Waals surface area (Å²) in [6.07, 6.45) is 4.69. The van der Waals surface area contributed by atoms with Gasteiger partial charge in [0.1, 0.15) is 0 Å². The van der Waals surface area contributed by atoms with Gasteiger partial charge in [0.2, 0.25) is 0 Å². The lowest BCUT2D eigenvalue weighted by Crippen LogP contribution is -2.38. The average Bonchev–Trinajstić information content (AvgIpc) is 2.26. The average molecular weight is 197 g/mol. The molecule has 0 bridgehead atoms.